The number of hydrogen-bond acceptors (Lipinski definition) is 6. The van der Waals surface area contributed by atoms with Gasteiger partial charge in [0, 0.05) is 42.1 Å². The quantitative estimate of drug-likeness (QED) is 0.684. The molecule has 3 aromatic rings. The molecule has 0 atom stereocenters. The van der Waals surface area contributed by atoms with Gasteiger partial charge in [0.1, 0.15) is 11.5 Å². The molecule has 4 heterocycles. The molecule has 0 spiro atoms. The van der Waals surface area contributed by atoms with E-state index in [4.69, 9.17) is 5.10 Å². The van der Waals surface area contributed by atoms with Gasteiger partial charge < -0.3 is 10.2 Å². The van der Waals surface area contributed by atoms with Gasteiger partial charge in [-0.15, -0.1) is 15.3 Å². The number of H-pyrrole nitrogens is 1. The normalized spacial score (nSPS) is 15.5. The number of nitrogens with zero attached hydrogens (tertiary/aromatic N) is 6. The standard InChI is InChI=1S/C21H30N8O/c1-20(2,3)15-9-14(23-24-15)18(30)22-10-13-11-28(12-13)17-8-7-16-25-26-19(21(4,5)6)29(16)27-17/h7-9,13H,10-12H2,1-6H3,(H,22,30)(H,23,24). The SMILES string of the molecule is CC(C)(C)c1cc(C(=O)NCC2CN(c3ccc4nnc(C(C)(C)C)n4n3)C2)n[nH]1. The van der Waals surface area contributed by atoms with Crippen molar-refractivity contribution < 1.29 is 4.79 Å². The molecular formula is C21H30N8O. The number of fused-ring (bicyclic) bond motifs is 1. The molecule has 160 valence electrons. The summed E-state index contributed by atoms with van der Waals surface area (Å²) < 4.78 is 1.83. The number of carbonyl (C=O) groups excluding carboxylic acids is 1. The first-order valence-corrected chi connectivity index (χ1v) is 10.3. The zero-order valence-corrected chi connectivity index (χ0v) is 18.5. The Labute approximate surface area is 176 Å². The molecule has 4 rings (SSSR count). The van der Waals surface area contributed by atoms with E-state index in [1.54, 1.807) is 0 Å². The number of nitrogens with one attached hydrogen (secondary N) is 2. The Kier molecular flexibility index (Phi) is 4.79. The molecule has 30 heavy (non-hydrogen) atoms. The maximum atomic E-state index is 12.4. The highest BCUT2D eigenvalue weighted by Crippen LogP contribution is 2.25. The minimum absolute atomic E-state index is 0.0638. The summed E-state index contributed by atoms with van der Waals surface area (Å²) in [5.74, 6) is 1.99. The van der Waals surface area contributed by atoms with Gasteiger partial charge in [-0.25, -0.2) is 0 Å². The summed E-state index contributed by atoms with van der Waals surface area (Å²) in [6, 6.07) is 5.75. The van der Waals surface area contributed by atoms with Crippen molar-refractivity contribution in [1.29, 1.82) is 0 Å². The molecule has 0 radical (unpaired) electrons. The fraction of sp³-hybridized carbons (Fsp3) is 0.571. The van der Waals surface area contributed by atoms with Crippen molar-refractivity contribution in [2.45, 2.75) is 52.4 Å². The molecule has 0 aromatic carbocycles. The molecule has 1 fully saturated rings. The fourth-order valence-corrected chi connectivity index (χ4v) is 3.45. The maximum absolute atomic E-state index is 12.4. The molecule has 1 aliphatic heterocycles. The van der Waals surface area contributed by atoms with Crippen molar-refractivity contribution in [3.05, 3.63) is 35.4 Å². The van der Waals surface area contributed by atoms with E-state index in [9.17, 15) is 4.79 Å². The van der Waals surface area contributed by atoms with E-state index in [1.807, 2.05) is 22.7 Å². The van der Waals surface area contributed by atoms with E-state index in [-0.39, 0.29) is 16.7 Å². The predicted octanol–water partition coefficient (Wildman–Crippen LogP) is 2.31. The van der Waals surface area contributed by atoms with E-state index in [1.165, 1.54) is 0 Å². The molecule has 0 bridgehead atoms. The van der Waals surface area contributed by atoms with Gasteiger partial charge in [-0.1, -0.05) is 41.5 Å². The third-order valence-corrected chi connectivity index (χ3v) is 5.37. The lowest BCUT2D eigenvalue weighted by Gasteiger charge is -2.40. The topological polar surface area (TPSA) is 104 Å². The highest BCUT2D eigenvalue weighted by atomic mass is 16.1. The number of amides is 1. The lowest BCUT2D eigenvalue weighted by atomic mass is 9.92. The van der Waals surface area contributed by atoms with Crippen LogP contribution in [0.1, 0.15) is 63.5 Å². The van der Waals surface area contributed by atoms with Crippen molar-refractivity contribution in [2.24, 2.45) is 5.92 Å². The van der Waals surface area contributed by atoms with Crippen molar-refractivity contribution in [2.75, 3.05) is 24.5 Å². The van der Waals surface area contributed by atoms with Gasteiger partial charge in [-0.3, -0.25) is 9.89 Å². The highest BCUT2D eigenvalue weighted by molar-refractivity contribution is 5.92. The van der Waals surface area contributed by atoms with Crippen molar-refractivity contribution >= 4 is 17.4 Å². The minimum atomic E-state index is -0.140. The molecule has 9 nitrogen and oxygen atoms in total. The molecule has 9 heteroatoms. The lowest BCUT2D eigenvalue weighted by Crippen LogP contribution is -2.52. The van der Waals surface area contributed by atoms with Crippen LogP contribution in [0.15, 0.2) is 18.2 Å². The smallest absolute Gasteiger partial charge is 0.271 e. The van der Waals surface area contributed by atoms with Crippen LogP contribution in [0.2, 0.25) is 0 Å². The van der Waals surface area contributed by atoms with E-state index < -0.39 is 0 Å². The summed E-state index contributed by atoms with van der Waals surface area (Å²) in [5, 5.41) is 23.4. The molecule has 1 amide bonds. The number of carbonyl (C=O) groups is 1. The van der Waals surface area contributed by atoms with Crippen LogP contribution in [-0.2, 0) is 10.8 Å². The summed E-state index contributed by atoms with van der Waals surface area (Å²) in [5.41, 5.74) is 1.94. The van der Waals surface area contributed by atoms with Crippen LogP contribution >= 0.6 is 0 Å². The van der Waals surface area contributed by atoms with Gasteiger partial charge in [0.2, 0.25) is 0 Å². The van der Waals surface area contributed by atoms with Crippen LogP contribution in [0.4, 0.5) is 5.82 Å². The van der Waals surface area contributed by atoms with Crippen molar-refractivity contribution in [1.82, 2.24) is 35.3 Å². The maximum Gasteiger partial charge on any atom is 0.271 e. The lowest BCUT2D eigenvalue weighted by molar-refractivity contribution is 0.0939. The van der Waals surface area contributed by atoms with Crippen LogP contribution < -0.4 is 10.2 Å². The number of aromatic amines is 1. The Bertz CT molecular complexity index is 1060. The molecule has 0 saturated carbocycles. The zero-order valence-electron chi connectivity index (χ0n) is 18.5. The summed E-state index contributed by atoms with van der Waals surface area (Å²) in [4.78, 5) is 14.6. The second-order valence-corrected chi connectivity index (χ2v) is 10.1. The van der Waals surface area contributed by atoms with Crippen LogP contribution in [-0.4, -0.2) is 55.6 Å². The molecule has 3 aromatic heterocycles. The van der Waals surface area contributed by atoms with Gasteiger partial charge in [0.05, 0.1) is 0 Å². The Hall–Kier alpha value is -2.97. The summed E-state index contributed by atoms with van der Waals surface area (Å²) in [6.45, 7) is 14.9. The fourth-order valence-electron chi connectivity index (χ4n) is 3.45. The predicted molar refractivity (Wildman–Crippen MR) is 115 cm³/mol. The second kappa shape index (κ2) is 7.07. The Morgan fingerprint density at radius 3 is 2.50 bits per heavy atom. The molecule has 0 aliphatic carbocycles. The van der Waals surface area contributed by atoms with E-state index in [2.05, 4.69) is 72.2 Å². The van der Waals surface area contributed by atoms with Gasteiger partial charge >= 0.3 is 0 Å². The zero-order chi connectivity index (χ0) is 21.7. The molecule has 0 unspecified atom stereocenters. The number of aromatic nitrogens is 6. The van der Waals surface area contributed by atoms with Crippen LogP contribution in [0.5, 0.6) is 0 Å². The minimum Gasteiger partial charge on any atom is -0.354 e. The van der Waals surface area contributed by atoms with Gasteiger partial charge in [-0.2, -0.15) is 9.61 Å². The molecular weight excluding hydrogens is 380 g/mol. The van der Waals surface area contributed by atoms with E-state index in [0.717, 1.165) is 36.1 Å². The third-order valence-electron chi connectivity index (χ3n) is 5.37. The molecule has 1 saturated heterocycles. The Morgan fingerprint density at radius 1 is 1.13 bits per heavy atom. The number of rotatable bonds is 4. The first-order valence-electron chi connectivity index (χ1n) is 10.3. The monoisotopic (exact) mass is 410 g/mol. The van der Waals surface area contributed by atoms with Crippen molar-refractivity contribution in [3.63, 3.8) is 0 Å². The Balaban J connectivity index is 1.34. The Morgan fingerprint density at radius 2 is 1.87 bits per heavy atom. The van der Waals surface area contributed by atoms with E-state index in [0.29, 0.717) is 18.2 Å². The van der Waals surface area contributed by atoms with Crippen LogP contribution in [0, 0.1) is 5.92 Å². The second-order valence-electron chi connectivity index (χ2n) is 10.1. The van der Waals surface area contributed by atoms with Gasteiger partial charge in [-0.05, 0) is 18.2 Å². The van der Waals surface area contributed by atoms with E-state index >= 15 is 0 Å². The van der Waals surface area contributed by atoms with Gasteiger partial charge in [0.25, 0.3) is 5.91 Å². The molecule has 1 aliphatic rings. The number of hydrogen-bond donors (Lipinski definition) is 2. The largest absolute Gasteiger partial charge is 0.354 e. The summed E-state index contributed by atoms with van der Waals surface area (Å²) >= 11 is 0. The first-order chi connectivity index (χ1) is 14.0. The van der Waals surface area contributed by atoms with Gasteiger partial charge in [0.15, 0.2) is 11.5 Å². The first kappa shape index (κ1) is 20.3. The highest BCUT2D eigenvalue weighted by Gasteiger charge is 2.30. The average Bonchev–Trinajstić information content (AvgIpc) is 3.26. The number of anilines is 1. The third kappa shape index (κ3) is 3.88. The summed E-state index contributed by atoms with van der Waals surface area (Å²) in [6.07, 6.45) is 0. The van der Waals surface area contributed by atoms with Crippen molar-refractivity contribution in [3.8, 4) is 0 Å². The van der Waals surface area contributed by atoms with Crippen LogP contribution in [0.25, 0.3) is 5.65 Å². The average molecular weight is 411 g/mol. The van der Waals surface area contributed by atoms with Crippen LogP contribution in [0.3, 0.4) is 0 Å². The molecule has 2 N–H and O–H groups in total. The summed E-state index contributed by atoms with van der Waals surface area (Å²) in [7, 11) is 0.